The van der Waals surface area contributed by atoms with Crippen LogP contribution >= 0.6 is 0 Å². The lowest BCUT2D eigenvalue weighted by Gasteiger charge is -2.43. The molecule has 1 aromatic carbocycles. The fourth-order valence-corrected chi connectivity index (χ4v) is 3.88. The molecule has 2 rings (SSSR count). The first-order valence-corrected chi connectivity index (χ1v) is 7.59. The van der Waals surface area contributed by atoms with E-state index in [9.17, 15) is 0 Å². The number of hydrogen-bond acceptors (Lipinski definition) is 2. The lowest BCUT2D eigenvalue weighted by Crippen LogP contribution is -2.54. The van der Waals surface area contributed by atoms with Crippen molar-refractivity contribution in [1.29, 1.82) is 0 Å². The molecule has 2 N–H and O–H groups in total. The van der Waals surface area contributed by atoms with Gasteiger partial charge in [-0.05, 0) is 38.3 Å². The lowest BCUT2D eigenvalue weighted by atomic mass is 9.83. The monoisotopic (exact) mass is 260 g/mol. The van der Waals surface area contributed by atoms with Crippen LogP contribution in [0.5, 0.6) is 0 Å². The molecule has 1 aliphatic rings. The first-order valence-electron chi connectivity index (χ1n) is 7.59. The third kappa shape index (κ3) is 2.85. The highest BCUT2D eigenvalue weighted by Gasteiger charge is 2.43. The van der Waals surface area contributed by atoms with Crippen LogP contribution < -0.4 is 5.73 Å². The van der Waals surface area contributed by atoms with Crippen molar-refractivity contribution in [3.05, 3.63) is 35.4 Å². The zero-order chi connectivity index (χ0) is 13.9. The van der Waals surface area contributed by atoms with Gasteiger partial charge in [0.1, 0.15) is 0 Å². The molecule has 2 atom stereocenters. The molecule has 2 nitrogen and oxygen atoms in total. The fourth-order valence-electron chi connectivity index (χ4n) is 3.88. The lowest BCUT2D eigenvalue weighted by molar-refractivity contribution is 0.0747. The van der Waals surface area contributed by atoms with Gasteiger partial charge in [-0.1, -0.05) is 49.6 Å². The topological polar surface area (TPSA) is 29.3 Å². The Morgan fingerprint density at radius 3 is 2.84 bits per heavy atom. The maximum atomic E-state index is 6.18. The van der Waals surface area contributed by atoms with Crippen molar-refractivity contribution in [2.45, 2.75) is 51.6 Å². The van der Waals surface area contributed by atoms with E-state index in [1.165, 1.54) is 36.8 Å². The molecule has 0 aromatic heterocycles. The molecule has 0 spiro atoms. The molecule has 0 bridgehead atoms. The summed E-state index contributed by atoms with van der Waals surface area (Å²) in [5.74, 6) is 0.757. The summed E-state index contributed by atoms with van der Waals surface area (Å²) >= 11 is 0. The Labute approximate surface area is 118 Å². The third-order valence-electron chi connectivity index (χ3n) is 5.03. The molecule has 19 heavy (non-hydrogen) atoms. The zero-order valence-electron chi connectivity index (χ0n) is 12.7. The normalized spacial score (nSPS) is 27.1. The number of aryl methyl sites for hydroxylation is 1. The van der Waals surface area contributed by atoms with Crippen molar-refractivity contribution in [3.8, 4) is 0 Å². The van der Waals surface area contributed by atoms with Gasteiger partial charge in [0, 0.05) is 18.6 Å². The van der Waals surface area contributed by atoms with E-state index >= 15 is 0 Å². The molecular weight excluding hydrogens is 232 g/mol. The van der Waals surface area contributed by atoms with Gasteiger partial charge >= 0.3 is 0 Å². The quantitative estimate of drug-likeness (QED) is 0.880. The van der Waals surface area contributed by atoms with Gasteiger partial charge in [-0.15, -0.1) is 0 Å². The van der Waals surface area contributed by atoms with Crippen molar-refractivity contribution in [2.75, 3.05) is 13.6 Å². The Kier molecular flexibility index (Phi) is 4.64. The van der Waals surface area contributed by atoms with Gasteiger partial charge in [-0.2, -0.15) is 0 Å². The smallest absolute Gasteiger partial charge is 0.0360 e. The molecule has 0 radical (unpaired) electrons. The van der Waals surface area contributed by atoms with E-state index in [1.54, 1.807) is 0 Å². The van der Waals surface area contributed by atoms with Crippen LogP contribution in [0.3, 0.4) is 0 Å². The van der Waals surface area contributed by atoms with Crippen LogP contribution in [0.4, 0.5) is 0 Å². The van der Waals surface area contributed by atoms with Crippen LogP contribution in [0.2, 0.25) is 0 Å². The predicted octanol–water partition coefficient (Wildman–Crippen LogP) is 3.33. The minimum Gasteiger partial charge on any atom is -0.329 e. The van der Waals surface area contributed by atoms with Gasteiger partial charge in [0.15, 0.2) is 0 Å². The van der Waals surface area contributed by atoms with E-state index in [2.05, 4.69) is 50.1 Å². The summed E-state index contributed by atoms with van der Waals surface area (Å²) in [7, 11) is 2.25. The number of nitrogens with zero attached hydrogens (tertiary/aromatic N) is 1. The number of rotatable bonds is 5. The molecule has 2 heteroatoms. The second-order valence-corrected chi connectivity index (χ2v) is 6.15. The Morgan fingerprint density at radius 1 is 1.42 bits per heavy atom. The van der Waals surface area contributed by atoms with Crippen molar-refractivity contribution >= 4 is 0 Å². The molecular formula is C17H28N2. The van der Waals surface area contributed by atoms with Crippen molar-refractivity contribution in [2.24, 2.45) is 11.7 Å². The minimum absolute atomic E-state index is 0.221. The molecule has 0 saturated heterocycles. The van der Waals surface area contributed by atoms with E-state index in [-0.39, 0.29) is 5.54 Å². The van der Waals surface area contributed by atoms with Crippen LogP contribution in [0, 0.1) is 12.8 Å². The molecule has 0 aliphatic heterocycles. The third-order valence-corrected chi connectivity index (χ3v) is 5.03. The molecule has 1 fully saturated rings. The molecule has 1 saturated carbocycles. The Morgan fingerprint density at radius 2 is 2.21 bits per heavy atom. The highest BCUT2D eigenvalue weighted by Crippen LogP contribution is 2.41. The first-order chi connectivity index (χ1) is 9.12. The fraction of sp³-hybridized carbons (Fsp3) is 0.647. The van der Waals surface area contributed by atoms with Crippen molar-refractivity contribution in [3.63, 3.8) is 0 Å². The minimum atomic E-state index is 0.221. The van der Waals surface area contributed by atoms with Crippen LogP contribution in [0.25, 0.3) is 0 Å². The van der Waals surface area contributed by atoms with Gasteiger partial charge < -0.3 is 5.73 Å². The summed E-state index contributed by atoms with van der Waals surface area (Å²) in [6.07, 6.45) is 5.17. The highest BCUT2D eigenvalue weighted by atomic mass is 15.2. The van der Waals surface area contributed by atoms with E-state index in [0.29, 0.717) is 0 Å². The van der Waals surface area contributed by atoms with Crippen LogP contribution in [-0.2, 0) is 6.54 Å². The Balaban J connectivity index is 2.15. The summed E-state index contributed by atoms with van der Waals surface area (Å²) in [6.45, 7) is 6.26. The summed E-state index contributed by atoms with van der Waals surface area (Å²) in [4.78, 5) is 2.52. The largest absolute Gasteiger partial charge is 0.329 e. The molecule has 1 aromatic rings. The van der Waals surface area contributed by atoms with E-state index < -0.39 is 0 Å². The van der Waals surface area contributed by atoms with Crippen LogP contribution in [0.1, 0.15) is 43.7 Å². The van der Waals surface area contributed by atoms with Gasteiger partial charge in [0.2, 0.25) is 0 Å². The number of hydrogen-bond donors (Lipinski definition) is 1. The number of likely N-dealkylation sites (N-methyl/N-ethyl adjacent to an activating group) is 1. The summed E-state index contributed by atoms with van der Waals surface area (Å²) < 4.78 is 0. The maximum absolute atomic E-state index is 6.18. The number of benzene rings is 1. The van der Waals surface area contributed by atoms with Crippen LogP contribution in [-0.4, -0.2) is 24.0 Å². The molecule has 2 unspecified atom stereocenters. The summed E-state index contributed by atoms with van der Waals surface area (Å²) in [5, 5.41) is 0. The average Bonchev–Trinajstić information content (AvgIpc) is 2.82. The molecule has 0 heterocycles. The Bertz CT molecular complexity index is 415. The summed E-state index contributed by atoms with van der Waals surface area (Å²) in [6, 6.07) is 8.83. The standard InChI is InChI=1S/C17H28N2/c1-4-16-9-6-10-17(16,13-18)19(3)12-15-8-5-7-14(2)11-15/h5,7-8,11,16H,4,6,9-10,12-13,18H2,1-3H3. The van der Waals surface area contributed by atoms with Gasteiger partial charge in [-0.25, -0.2) is 0 Å². The zero-order valence-corrected chi connectivity index (χ0v) is 12.7. The molecule has 106 valence electrons. The van der Waals surface area contributed by atoms with E-state index in [0.717, 1.165) is 19.0 Å². The van der Waals surface area contributed by atoms with Gasteiger partial charge in [0.25, 0.3) is 0 Å². The Hall–Kier alpha value is -0.860. The van der Waals surface area contributed by atoms with Crippen LogP contribution in [0.15, 0.2) is 24.3 Å². The van der Waals surface area contributed by atoms with Gasteiger partial charge in [0.05, 0.1) is 0 Å². The second-order valence-electron chi connectivity index (χ2n) is 6.15. The first kappa shape index (κ1) is 14.5. The molecule has 1 aliphatic carbocycles. The van der Waals surface area contributed by atoms with Gasteiger partial charge in [-0.3, -0.25) is 4.90 Å². The second kappa shape index (κ2) is 6.06. The SMILES string of the molecule is CCC1CCCC1(CN)N(C)Cc1cccc(C)c1. The van der Waals surface area contributed by atoms with Crippen molar-refractivity contribution in [1.82, 2.24) is 4.90 Å². The summed E-state index contributed by atoms with van der Waals surface area (Å²) in [5.41, 5.74) is 9.14. The van der Waals surface area contributed by atoms with E-state index in [4.69, 9.17) is 5.73 Å². The van der Waals surface area contributed by atoms with Crippen molar-refractivity contribution < 1.29 is 0 Å². The molecule has 0 amide bonds. The number of nitrogens with two attached hydrogens (primary N) is 1. The highest BCUT2D eigenvalue weighted by molar-refractivity contribution is 5.22. The maximum Gasteiger partial charge on any atom is 0.0360 e. The predicted molar refractivity (Wildman–Crippen MR) is 82.1 cm³/mol. The average molecular weight is 260 g/mol. The van der Waals surface area contributed by atoms with E-state index in [1.807, 2.05) is 0 Å².